The Kier molecular flexibility index (Phi) is 7.09. The molecule has 0 fully saturated rings. The Hall–Kier alpha value is -1.96. The lowest BCUT2D eigenvalue weighted by Crippen LogP contribution is -2.05. The Labute approximate surface area is 168 Å². The summed E-state index contributed by atoms with van der Waals surface area (Å²) in [5, 5.41) is 0. The van der Waals surface area contributed by atoms with Crippen molar-refractivity contribution >= 4 is 10.2 Å². The van der Waals surface area contributed by atoms with Crippen LogP contribution in [0.4, 0.5) is 19.4 Å². The van der Waals surface area contributed by atoms with E-state index in [1.54, 1.807) is 24.3 Å². The summed E-state index contributed by atoms with van der Waals surface area (Å²) in [6, 6.07) is 9.65. The van der Waals surface area contributed by atoms with Crippen LogP contribution >= 0.6 is 10.2 Å². The maximum atomic E-state index is 12.7. The van der Waals surface area contributed by atoms with Gasteiger partial charge in [0.1, 0.15) is 23.0 Å². The highest BCUT2D eigenvalue weighted by Crippen LogP contribution is 3.02. The lowest BCUT2D eigenvalue weighted by atomic mass is 10.1. The first-order valence-corrected chi connectivity index (χ1v) is 11.6. The van der Waals surface area contributed by atoms with Crippen molar-refractivity contribution < 1.29 is 28.9 Å². The molecule has 0 atom stereocenters. The van der Waals surface area contributed by atoms with Gasteiger partial charge in [-0.25, -0.2) is 0 Å². The molecule has 0 heterocycles. The number of benzene rings is 2. The molecule has 0 aliphatic rings. The highest BCUT2D eigenvalue weighted by Gasteiger charge is 2.65. The van der Waals surface area contributed by atoms with Crippen molar-refractivity contribution in [2.45, 2.75) is 57.0 Å². The van der Waals surface area contributed by atoms with Gasteiger partial charge in [-0.1, -0.05) is 70.6 Å². The van der Waals surface area contributed by atoms with Crippen LogP contribution in [0.1, 0.15) is 51.0 Å². The molecule has 0 unspecified atom stereocenters. The van der Waals surface area contributed by atoms with Gasteiger partial charge < -0.3 is 9.47 Å². The van der Waals surface area contributed by atoms with E-state index in [9.17, 15) is 19.4 Å². The molecule has 2 rings (SSSR count). The van der Waals surface area contributed by atoms with Crippen molar-refractivity contribution in [3.8, 4) is 11.5 Å². The Morgan fingerprint density at radius 2 is 1.17 bits per heavy atom. The Morgan fingerprint density at radius 3 is 1.76 bits per heavy atom. The molecule has 2 aromatic rings. The summed E-state index contributed by atoms with van der Waals surface area (Å²) in [5.74, 6) is 0.821. The monoisotopic (exact) mass is 438 g/mol. The first kappa shape index (κ1) is 23.3. The number of hydrogen-bond donors (Lipinski definition) is 0. The van der Waals surface area contributed by atoms with E-state index in [4.69, 9.17) is 9.47 Å². The summed E-state index contributed by atoms with van der Waals surface area (Å²) in [6.07, 6.45) is 7.12. The quantitative estimate of drug-likeness (QED) is 0.244. The number of unbranched alkanes of at least 4 members (excludes halogenated alkanes) is 5. The van der Waals surface area contributed by atoms with Crippen molar-refractivity contribution in [1.82, 2.24) is 0 Å². The SMILES string of the molecule is CCCCCCCCOc1ccc(COc2ccc(S(F)(F)(F)(F)F)cc2)cc1. The lowest BCUT2D eigenvalue weighted by molar-refractivity contribution is 0.300. The fourth-order valence-electron chi connectivity index (χ4n) is 2.71. The van der Waals surface area contributed by atoms with Gasteiger partial charge in [0.25, 0.3) is 0 Å². The molecule has 164 valence electrons. The van der Waals surface area contributed by atoms with Crippen LogP contribution in [0.25, 0.3) is 0 Å². The molecule has 0 radical (unpaired) electrons. The molecule has 0 aliphatic carbocycles. The topological polar surface area (TPSA) is 18.5 Å². The van der Waals surface area contributed by atoms with E-state index in [0.717, 1.165) is 36.3 Å². The van der Waals surface area contributed by atoms with Crippen LogP contribution in [0.2, 0.25) is 0 Å². The van der Waals surface area contributed by atoms with E-state index in [1.165, 1.54) is 25.7 Å². The van der Waals surface area contributed by atoms with Gasteiger partial charge in [-0.2, -0.15) is 0 Å². The van der Waals surface area contributed by atoms with E-state index >= 15 is 0 Å². The van der Waals surface area contributed by atoms with Crippen molar-refractivity contribution in [3.63, 3.8) is 0 Å². The Morgan fingerprint density at radius 1 is 0.655 bits per heavy atom. The van der Waals surface area contributed by atoms with E-state index < -0.39 is 15.1 Å². The fourth-order valence-corrected chi connectivity index (χ4v) is 3.36. The van der Waals surface area contributed by atoms with Gasteiger partial charge in [0.05, 0.1) is 6.61 Å². The molecule has 0 aromatic heterocycles. The zero-order valence-electron chi connectivity index (χ0n) is 16.4. The largest absolute Gasteiger partial charge is 0.494 e. The van der Waals surface area contributed by atoms with Crippen LogP contribution in [0.15, 0.2) is 53.4 Å². The molecule has 2 aromatic carbocycles. The fraction of sp³-hybridized carbons (Fsp3) is 0.429. The smallest absolute Gasteiger partial charge is 0.310 e. The summed E-state index contributed by atoms with van der Waals surface area (Å²) < 4.78 is 74.5. The normalized spacial score (nSPS) is 14.1. The first-order valence-electron chi connectivity index (χ1n) is 9.66. The van der Waals surface area contributed by atoms with Crippen LogP contribution in [0, 0.1) is 0 Å². The van der Waals surface area contributed by atoms with Crippen LogP contribution in [-0.2, 0) is 6.61 Å². The molecule has 29 heavy (non-hydrogen) atoms. The average Bonchev–Trinajstić information content (AvgIpc) is 2.65. The van der Waals surface area contributed by atoms with Crippen molar-refractivity contribution in [2.24, 2.45) is 0 Å². The minimum Gasteiger partial charge on any atom is -0.494 e. The zero-order chi connectivity index (χ0) is 21.4. The second-order valence-corrected chi connectivity index (χ2v) is 9.40. The van der Waals surface area contributed by atoms with E-state index in [-0.39, 0.29) is 12.4 Å². The lowest BCUT2D eigenvalue weighted by Gasteiger charge is -2.40. The first-order chi connectivity index (χ1) is 13.5. The third-order valence-electron chi connectivity index (χ3n) is 4.36. The maximum Gasteiger partial charge on any atom is 0.310 e. The molecule has 0 saturated carbocycles. The summed E-state index contributed by atoms with van der Waals surface area (Å²) in [5.41, 5.74) is 0.786. The van der Waals surface area contributed by atoms with Crippen LogP contribution in [-0.4, -0.2) is 6.61 Å². The van der Waals surface area contributed by atoms with Gasteiger partial charge in [0, 0.05) is 0 Å². The summed E-state index contributed by atoms with van der Waals surface area (Å²) in [4.78, 5) is -1.93. The standard InChI is InChI=1S/C21H27F5O2S/c1-2-3-4-5-6-7-16-27-19-10-8-18(9-11-19)17-28-20-12-14-21(15-13-20)29(22,23,24,25)26/h8-15H,2-7,16-17H2,1H3. The minimum atomic E-state index is -9.65. The van der Waals surface area contributed by atoms with Gasteiger partial charge in [-0.05, 0) is 48.4 Å². The van der Waals surface area contributed by atoms with Crippen LogP contribution in [0.5, 0.6) is 11.5 Å². The highest BCUT2D eigenvalue weighted by atomic mass is 32.5. The zero-order valence-corrected chi connectivity index (χ0v) is 17.2. The van der Waals surface area contributed by atoms with Gasteiger partial charge in [0.15, 0.2) is 0 Å². The average molecular weight is 439 g/mol. The number of rotatable bonds is 12. The molecular formula is C21H27F5O2S. The maximum absolute atomic E-state index is 12.7. The third kappa shape index (κ3) is 8.51. The van der Waals surface area contributed by atoms with E-state index in [1.807, 2.05) is 0 Å². The number of hydrogen-bond acceptors (Lipinski definition) is 2. The summed E-state index contributed by atoms with van der Waals surface area (Å²) in [7, 11) is -9.65. The number of ether oxygens (including phenoxy) is 2. The van der Waals surface area contributed by atoms with Gasteiger partial charge in [-0.3, -0.25) is 0 Å². The second-order valence-electron chi connectivity index (χ2n) is 6.99. The third-order valence-corrected chi connectivity index (χ3v) is 5.53. The number of halogens is 5. The molecule has 0 spiro atoms. The second kappa shape index (κ2) is 8.81. The van der Waals surface area contributed by atoms with Crippen molar-refractivity contribution in [3.05, 3.63) is 54.1 Å². The molecule has 0 aliphatic heterocycles. The minimum absolute atomic E-state index is 0.0824. The van der Waals surface area contributed by atoms with E-state index in [2.05, 4.69) is 6.92 Å². The highest BCUT2D eigenvalue weighted by molar-refractivity contribution is 8.45. The van der Waals surface area contributed by atoms with Gasteiger partial charge in [-0.15, -0.1) is 0 Å². The van der Waals surface area contributed by atoms with E-state index in [0.29, 0.717) is 18.7 Å². The predicted octanol–water partition coefficient (Wildman–Crippen LogP) is 8.66. The Balaban J connectivity index is 1.76. The molecule has 0 amide bonds. The molecular weight excluding hydrogens is 411 g/mol. The molecule has 0 N–H and O–H groups in total. The van der Waals surface area contributed by atoms with Gasteiger partial charge >= 0.3 is 10.2 Å². The van der Waals surface area contributed by atoms with Crippen molar-refractivity contribution in [1.29, 1.82) is 0 Å². The van der Waals surface area contributed by atoms with Crippen LogP contribution in [0.3, 0.4) is 0 Å². The van der Waals surface area contributed by atoms with Crippen LogP contribution < -0.4 is 9.47 Å². The summed E-state index contributed by atoms with van der Waals surface area (Å²) >= 11 is 0. The molecule has 0 saturated heterocycles. The van der Waals surface area contributed by atoms with Gasteiger partial charge in [0.2, 0.25) is 0 Å². The molecule has 2 nitrogen and oxygen atoms in total. The molecule has 0 bridgehead atoms. The Bertz CT molecular complexity index is 759. The predicted molar refractivity (Wildman–Crippen MR) is 107 cm³/mol. The molecule has 8 heteroatoms. The van der Waals surface area contributed by atoms with Crippen molar-refractivity contribution in [2.75, 3.05) is 6.61 Å². The summed E-state index contributed by atoms with van der Waals surface area (Å²) in [6.45, 7) is 2.94.